The van der Waals surface area contributed by atoms with E-state index in [1.54, 1.807) is 30.3 Å². The van der Waals surface area contributed by atoms with Crippen LogP contribution in [0.5, 0.6) is 5.75 Å². The molecule has 8 nitrogen and oxygen atoms in total. The third kappa shape index (κ3) is 3.47. The maximum atomic E-state index is 13.6. The van der Waals surface area contributed by atoms with Crippen LogP contribution < -0.4 is 22.5 Å². The van der Waals surface area contributed by atoms with Crippen molar-refractivity contribution >= 4 is 43.4 Å². The van der Waals surface area contributed by atoms with Crippen molar-refractivity contribution in [2.75, 3.05) is 5.73 Å². The predicted molar refractivity (Wildman–Crippen MR) is 140 cm³/mol. The number of aromatic hydroxyl groups is 1. The molecule has 0 radical (unpaired) electrons. The Balaban J connectivity index is 1.94. The van der Waals surface area contributed by atoms with E-state index in [2.05, 4.69) is 20.9 Å². The predicted octanol–water partition coefficient (Wildman–Crippen LogP) is 3.31. The Hall–Kier alpha value is -4.11. The van der Waals surface area contributed by atoms with Gasteiger partial charge in [0.05, 0.1) is 22.6 Å². The standard InChI is InChI=1S/C26H21BrN4O4/c1-30-23(28)20(25(34)31(2)26(30)35)18(14-7-5-8-15(27)12-14)19-22(32)17-11-10-13-6-3-4-9-16(13)21(17)29-24(19)33/h3-12,18H,28H2,1-2H3,(H2,29,32,33). The van der Waals surface area contributed by atoms with Gasteiger partial charge in [-0.1, -0.05) is 58.4 Å². The van der Waals surface area contributed by atoms with Gasteiger partial charge >= 0.3 is 5.69 Å². The number of fused-ring (bicyclic) bond motifs is 3. The smallest absolute Gasteiger partial charge is 0.332 e. The highest BCUT2D eigenvalue weighted by molar-refractivity contribution is 9.10. The van der Waals surface area contributed by atoms with E-state index < -0.39 is 22.7 Å². The van der Waals surface area contributed by atoms with Gasteiger partial charge in [-0.15, -0.1) is 0 Å². The normalized spacial score (nSPS) is 12.3. The Morgan fingerprint density at radius 1 is 0.914 bits per heavy atom. The van der Waals surface area contributed by atoms with Gasteiger partial charge in [-0.05, 0) is 29.1 Å². The lowest BCUT2D eigenvalue weighted by Crippen LogP contribution is -2.41. The molecule has 0 saturated carbocycles. The Morgan fingerprint density at radius 2 is 1.66 bits per heavy atom. The van der Waals surface area contributed by atoms with Gasteiger partial charge in [-0.25, -0.2) is 4.79 Å². The number of benzene rings is 3. The number of hydrogen-bond acceptors (Lipinski definition) is 5. The minimum Gasteiger partial charge on any atom is -0.507 e. The van der Waals surface area contributed by atoms with Gasteiger partial charge < -0.3 is 15.8 Å². The van der Waals surface area contributed by atoms with Crippen molar-refractivity contribution in [1.82, 2.24) is 14.1 Å². The zero-order valence-electron chi connectivity index (χ0n) is 18.9. The molecule has 3 aromatic carbocycles. The van der Waals surface area contributed by atoms with Crippen LogP contribution in [0.2, 0.25) is 0 Å². The van der Waals surface area contributed by atoms with E-state index >= 15 is 0 Å². The first-order chi connectivity index (χ1) is 16.7. The van der Waals surface area contributed by atoms with E-state index in [0.29, 0.717) is 20.9 Å². The van der Waals surface area contributed by atoms with Crippen LogP contribution in [0.1, 0.15) is 22.6 Å². The molecule has 9 heteroatoms. The zero-order valence-corrected chi connectivity index (χ0v) is 20.5. The average molecular weight is 533 g/mol. The van der Waals surface area contributed by atoms with Gasteiger partial charge in [0.15, 0.2) is 0 Å². The quantitative estimate of drug-likeness (QED) is 0.307. The number of nitrogens with zero attached hydrogens (tertiary/aromatic N) is 2. The molecule has 4 N–H and O–H groups in total. The first kappa shape index (κ1) is 22.7. The number of nitrogens with one attached hydrogen (secondary N) is 1. The number of nitrogens with two attached hydrogens (primary N) is 1. The minimum atomic E-state index is -1.04. The van der Waals surface area contributed by atoms with Crippen LogP contribution in [-0.4, -0.2) is 19.2 Å². The Morgan fingerprint density at radius 3 is 2.40 bits per heavy atom. The number of aromatic amines is 1. The summed E-state index contributed by atoms with van der Waals surface area (Å²) in [7, 11) is 2.80. The second-order valence-corrected chi connectivity index (χ2v) is 9.33. The van der Waals surface area contributed by atoms with Gasteiger partial charge in [0, 0.05) is 29.3 Å². The molecule has 0 bridgehead atoms. The van der Waals surface area contributed by atoms with Crippen LogP contribution >= 0.6 is 15.9 Å². The van der Waals surface area contributed by atoms with Crippen molar-refractivity contribution in [2.24, 2.45) is 14.1 Å². The highest BCUT2D eigenvalue weighted by Crippen LogP contribution is 2.39. The van der Waals surface area contributed by atoms with Gasteiger partial charge in [-0.3, -0.25) is 18.7 Å². The van der Waals surface area contributed by atoms with Crippen molar-refractivity contribution in [1.29, 1.82) is 0 Å². The molecule has 0 aliphatic heterocycles. The minimum absolute atomic E-state index is 0.0219. The van der Waals surface area contributed by atoms with E-state index in [9.17, 15) is 19.5 Å². The molecule has 2 heterocycles. The second-order valence-electron chi connectivity index (χ2n) is 8.42. The fourth-order valence-corrected chi connectivity index (χ4v) is 5.04. The lowest BCUT2D eigenvalue weighted by Gasteiger charge is -2.22. The number of H-pyrrole nitrogens is 1. The van der Waals surface area contributed by atoms with Crippen molar-refractivity contribution < 1.29 is 5.11 Å². The van der Waals surface area contributed by atoms with Crippen LogP contribution in [0.15, 0.2) is 79.5 Å². The molecule has 0 spiro atoms. The first-order valence-corrected chi connectivity index (χ1v) is 11.6. The lowest BCUT2D eigenvalue weighted by molar-refractivity contribution is 0.471. The van der Waals surface area contributed by atoms with Crippen LogP contribution in [-0.2, 0) is 14.1 Å². The van der Waals surface area contributed by atoms with E-state index in [-0.39, 0.29) is 22.7 Å². The number of hydrogen-bond donors (Lipinski definition) is 3. The van der Waals surface area contributed by atoms with Gasteiger partial charge in [0.25, 0.3) is 11.1 Å². The molecule has 0 aliphatic carbocycles. The summed E-state index contributed by atoms with van der Waals surface area (Å²) in [5.41, 5.74) is 5.52. The summed E-state index contributed by atoms with van der Waals surface area (Å²) >= 11 is 3.44. The summed E-state index contributed by atoms with van der Waals surface area (Å²) in [6, 6.07) is 18.2. The molecular weight excluding hydrogens is 512 g/mol. The van der Waals surface area contributed by atoms with E-state index in [0.717, 1.165) is 19.9 Å². The van der Waals surface area contributed by atoms with Gasteiger partial charge in [-0.2, -0.15) is 0 Å². The highest BCUT2D eigenvalue weighted by atomic mass is 79.9. The number of nitrogen functional groups attached to an aromatic ring is 1. The van der Waals surface area contributed by atoms with E-state index in [1.807, 2.05) is 30.3 Å². The molecule has 0 aliphatic rings. The fourth-order valence-electron chi connectivity index (χ4n) is 4.63. The average Bonchev–Trinajstić information content (AvgIpc) is 2.85. The Bertz CT molecular complexity index is 1830. The third-order valence-electron chi connectivity index (χ3n) is 6.43. The lowest BCUT2D eigenvalue weighted by atomic mass is 9.85. The van der Waals surface area contributed by atoms with Crippen molar-refractivity contribution in [3.8, 4) is 5.75 Å². The third-order valence-corrected chi connectivity index (χ3v) is 6.92. The van der Waals surface area contributed by atoms with Crippen molar-refractivity contribution in [3.63, 3.8) is 0 Å². The molecule has 0 amide bonds. The number of anilines is 1. The topological polar surface area (TPSA) is 123 Å². The number of aromatic nitrogens is 3. The molecule has 2 aromatic heterocycles. The van der Waals surface area contributed by atoms with E-state index in [1.165, 1.54) is 14.1 Å². The molecule has 35 heavy (non-hydrogen) atoms. The molecule has 1 unspecified atom stereocenters. The number of pyridine rings is 1. The summed E-state index contributed by atoms with van der Waals surface area (Å²) < 4.78 is 2.81. The maximum Gasteiger partial charge on any atom is 0.332 e. The molecule has 0 saturated heterocycles. The monoisotopic (exact) mass is 532 g/mol. The number of rotatable bonds is 3. The second kappa shape index (κ2) is 8.28. The van der Waals surface area contributed by atoms with Crippen LogP contribution in [0.3, 0.4) is 0 Å². The zero-order chi connectivity index (χ0) is 25.0. The Kier molecular flexibility index (Phi) is 5.36. The summed E-state index contributed by atoms with van der Waals surface area (Å²) in [5, 5.41) is 13.6. The molecule has 1 atom stereocenters. The molecule has 5 aromatic rings. The van der Waals surface area contributed by atoms with Crippen molar-refractivity contribution in [2.45, 2.75) is 5.92 Å². The van der Waals surface area contributed by atoms with Gasteiger partial charge in [0.1, 0.15) is 11.6 Å². The molecule has 176 valence electrons. The van der Waals surface area contributed by atoms with Crippen LogP contribution in [0.25, 0.3) is 21.7 Å². The van der Waals surface area contributed by atoms with Crippen molar-refractivity contribution in [3.05, 3.63) is 113 Å². The maximum absolute atomic E-state index is 13.6. The van der Waals surface area contributed by atoms with Crippen LogP contribution in [0.4, 0.5) is 5.82 Å². The highest BCUT2D eigenvalue weighted by Gasteiger charge is 2.31. The first-order valence-electron chi connectivity index (χ1n) is 10.8. The SMILES string of the molecule is Cn1c(N)c(C(c2cccc(Br)c2)c2c(O)c3ccc4ccccc4c3[nH]c2=O)c(=O)n(C)c1=O. The summed E-state index contributed by atoms with van der Waals surface area (Å²) in [4.78, 5) is 42.3. The fraction of sp³-hybridized carbons (Fsp3) is 0.115. The van der Waals surface area contributed by atoms with Crippen LogP contribution in [0, 0.1) is 0 Å². The molecule has 5 rings (SSSR count). The Labute approximate surface area is 207 Å². The summed E-state index contributed by atoms with van der Waals surface area (Å²) in [6.45, 7) is 0. The van der Waals surface area contributed by atoms with Gasteiger partial charge in [0.2, 0.25) is 0 Å². The summed E-state index contributed by atoms with van der Waals surface area (Å²) in [6.07, 6.45) is 0. The largest absolute Gasteiger partial charge is 0.507 e. The molecular formula is C26H21BrN4O4. The number of halogens is 1. The molecule has 0 fully saturated rings. The van der Waals surface area contributed by atoms with E-state index in [4.69, 9.17) is 5.73 Å². The summed E-state index contributed by atoms with van der Waals surface area (Å²) in [5.74, 6) is -1.38.